The van der Waals surface area contributed by atoms with Crippen LogP contribution in [-0.2, 0) is 27.1 Å². The van der Waals surface area contributed by atoms with Crippen molar-refractivity contribution < 1.29 is 58.9 Å². The summed E-state index contributed by atoms with van der Waals surface area (Å²) in [4.78, 5) is 0. The van der Waals surface area contributed by atoms with Gasteiger partial charge in [0.2, 0.25) is 0 Å². The van der Waals surface area contributed by atoms with Gasteiger partial charge in [0.15, 0.2) is 0 Å². The zero-order valence-corrected chi connectivity index (χ0v) is 17.5. The van der Waals surface area contributed by atoms with Crippen LogP contribution in [0.2, 0.25) is 0 Å². The summed E-state index contributed by atoms with van der Waals surface area (Å²) in [5.41, 5.74) is 5.34. The SMILES string of the molecule is CC1=C(C(C)(c2ccccc2)c2ccccc2)CC=[C-]1.[Cl-].[Cl-].[Cl-].[Ti+4]. The molecular weight excluding hydrogens is 394 g/mol. The van der Waals surface area contributed by atoms with Gasteiger partial charge in [0.25, 0.3) is 0 Å². The predicted molar refractivity (Wildman–Crippen MR) is 84.5 cm³/mol. The summed E-state index contributed by atoms with van der Waals surface area (Å²) in [7, 11) is 0. The van der Waals surface area contributed by atoms with Crippen LogP contribution in [0.25, 0.3) is 0 Å². The summed E-state index contributed by atoms with van der Waals surface area (Å²) in [6.07, 6.45) is 6.51. The Labute approximate surface area is 178 Å². The molecule has 2 aromatic carbocycles. The largest absolute Gasteiger partial charge is 4.00 e. The number of halogens is 3. The van der Waals surface area contributed by atoms with E-state index in [1.54, 1.807) is 0 Å². The Morgan fingerprint density at radius 1 is 0.792 bits per heavy atom. The third-order valence-electron chi connectivity index (χ3n) is 4.38. The molecule has 0 saturated heterocycles. The maximum Gasteiger partial charge on any atom is 4.00 e. The van der Waals surface area contributed by atoms with Gasteiger partial charge in [-0.3, -0.25) is 6.08 Å². The zero-order valence-electron chi connectivity index (χ0n) is 13.7. The Bertz CT molecular complexity index is 624. The van der Waals surface area contributed by atoms with Gasteiger partial charge in [-0.25, -0.2) is 5.57 Å². The molecule has 0 saturated carbocycles. The predicted octanol–water partition coefficient (Wildman–Crippen LogP) is -3.92. The fraction of sp³-hybridized carbons (Fsp3) is 0.200. The van der Waals surface area contributed by atoms with Gasteiger partial charge in [-0.05, 0) is 5.41 Å². The summed E-state index contributed by atoms with van der Waals surface area (Å²) >= 11 is 0. The van der Waals surface area contributed by atoms with Crippen LogP contribution >= 0.6 is 0 Å². The molecule has 1 aliphatic carbocycles. The topological polar surface area (TPSA) is 0 Å². The van der Waals surface area contributed by atoms with E-state index in [2.05, 4.69) is 86.7 Å². The second-order valence-electron chi connectivity index (χ2n) is 5.51. The molecule has 0 amide bonds. The second kappa shape index (κ2) is 11.2. The van der Waals surface area contributed by atoms with E-state index < -0.39 is 0 Å². The molecule has 0 aromatic heterocycles. The molecule has 0 spiro atoms. The standard InChI is InChI=1S/C20H19.3ClH.Ti/c1-16-10-9-15-19(16)20(2,17-11-5-3-6-12-17)18-13-7-4-8-14-18;;;;/h3-9,11-14H,15H2,1-2H3;3*1H;/q-1;;;;+4/p-3. The average molecular weight is 414 g/mol. The van der Waals surface area contributed by atoms with Crippen molar-refractivity contribution in [3.8, 4) is 0 Å². The molecule has 0 fully saturated rings. The Balaban J connectivity index is 0. The molecule has 0 radical (unpaired) electrons. The van der Waals surface area contributed by atoms with Crippen LogP contribution in [0.1, 0.15) is 31.4 Å². The van der Waals surface area contributed by atoms with Gasteiger partial charge in [-0.2, -0.15) is 11.6 Å². The number of benzene rings is 2. The fourth-order valence-electron chi connectivity index (χ4n) is 3.18. The molecule has 0 unspecified atom stereocenters. The first-order chi connectivity index (χ1) is 9.73. The maximum atomic E-state index is 3.37. The minimum Gasteiger partial charge on any atom is -1.00 e. The van der Waals surface area contributed by atoms with Gasteiger partial charge < -0.3 is 37.2 Å². The maximum absolute atomic E-state index is 3.37. The number of hydrogen-bond donors (Lipinski definition) is 0. The van der Waals surface area contributed by atoms with Gasteiger partial charge in [-0.1, -0.05) is 92.1 Å². The van der Waals surface area contributed by atoms with Crippen molar-refractivity contribution in [1.82, 2.24) is 0 Å². The Hall–Kier alpha value is -0.496. The van der Waals surface area contributed by atoms with E-state index in [1.807, 2.05) is 0 Å². The van der Waals surface area contributed by atoms with Crippen molar-refractivity contribution in [1.29, 1.82) is 0 Å². The molecule has 2 aromatic rings. The first kappa shape index (κ1) is 25.7. The Kier molecular flexibility index (Phi) is 12.0. The number of rotatable bonds is 3. The van der Waals surface area contributed by atoms with E-state index >= 15 is 0 Å². The van der Waals surface area contributed by atoms with Crippen LogP contribution in [0.4, 0.5) is 0 Å². The van der Waals surface area contributed by atoms with E-state index in [4.69, 9.17) is 0 Å². The minimum absolute atomic E-state index is 0. The van der Waals surface area contributed by atoms with Crippen LogP contribution in [0.3, 0.4) is 0 Å². The quantitative estimate of drug-likeness (QED) is 0.356. The molecule has 0 nitrogen and oxygen atoms in total. The molecule has 0 N–H and O–H groups in total. The normalized spacial score (nSPS) is 12.4. The van der Waals surface area contributed by atoms with Crippen molar-refractivity contribution in [2.24, 2.45) is 0 Å². The van der Waals surface area contributed by atoms with E-state index in [-0.39, 0.29) is 64.4 Å². The number of hydrogen-bond acceptors (Lipinski definition) is 0. The Morgan fingerprint density at radius 2 is 1.21 bits per heavy atom. The van der Waals surface area contributed by atoms with Crippen molar-refractivity contribution in [3.63, 3.8) is 0 Å². The summed E-state index contributed by atoms with van der Waals surface area (Å²) in [6, 6.07) is 21.6. The summed E-state index contributed by atoms with van der Waals surface area (Å²) in [5.74, 6) is 0. The van der Waals surface area contributed by atoms with Crippen molar-refractivity contribution in [3.05, 3.63) is 95.1 Å². The van der Waals surface area contributed by atoms with Crippen LogP contribution in [0.5, 0.6) is 0 Å². The molecular formula is C20H19Cl3Ti. The minimum atomic E-state index is -0.0768. The van der Waals surface area contributed by atoms with E-state index in [9.17, 15) is 0 Å². The zero-order chi connectivity index (χ0) is 14.0. The monoisotopic (exact) mass is 412 g/mol. The third kappa shape index (κ3) is 4.78. The molecule has 4 heteroatoms. The fourth-order valence-corrected chi connectivity index (χ4v) is 3.18. The summed E-state index contributed by atoms with van der Waals surface area (Å²) in [6.45, 7) is 4.50. The summed E-state index contributed by atoms with van der Waals surface area (Å²) < 4.78 is 0. The molecule has 1 aliphatic rings. The molecule has 3 rings (SSSR count). The van der Waals surface area contributed by atoms with E-state index in [0.717, 1.165) is 6.42 Å². The average Bonchev–Trinajstić information content (AvgIpc) is 2.95. The summed E-state index contributed by atoms with van der Waals surface area (Å²) in [5, 5.41) is 0. The molecule has 0 heterocycles. The van der Waals surface area contributed by atoms with Gasteiger partial charge in [-0.15, -0.1) is 0 Å². The molecule has 124 valence electrons. The van der Waals surface area contributed by atoms with Crippen LogP contribution in [-0.4, -0.2) is 0 Å². The van der Waals surface area contributed by atoms with E-state index in [0.29, 0.717) is 0 Å². The second-order valence-corrected chi connectivity index (χ2v) is 5.51. The van der Waals surface area contributed by atoms with Crippen molar-refractivity contribution >= 4 is 0 Å². The van der Waals surface area contributed by atoms with Gasteiger partial charge in [0.05, 0.1) is 0 Å². The molecule has 0 atom stereocenters. The molecule has 24 heavy (non-hydrogen) atoms. The van der Waals surface area contributed by atoms with Crippen molar-refractivity contribution in [2.75, 3.05) is 0 Å². The molecule has 0 aliphatic heterocycles. The van der Waals surface area contributed by atoms with Crippen LogP contribution in [0, 0.1) is 6.08 Å². The first-order valence-corrected chi connectivity index (χ1v) is 7.12. The van der Waals surface area contributed by atoms with Gasteiger partial charge in [0.1, 0.15) is 0 Å². The van der Waals surface area contributed by atoms with Crippen LogP contribution < -0.4 is 37.2 Å². The smallest absolute Gasteiger partial charge is 1.00 e. The Morgan fingerprint density at radius 3 is 1.54 bits per heavy atom. The number of allylic oxidation sites excluding steroid dienone is 4. The van der Waals surface area contributed by atoms with Crippen LogP contribution in [0.15, 0.2) is 77.9 Å². The van der Waals surface area contributed by atoms with Gasteiger partial charge in [0, 0.05) is 0 Å². The van der Waals surface area contributed by atoms with E-state index in [1.165, 1.54) is 22.3 Å². The third-order valence-corrected chi connectivity index (χ3v) is 4.38. The molecule has 0 bridgehead atoms. The van der Waals surface area contributed by atoms with Crippen molar-refractivity contribution in [2.45, 2.75) is 25.7 Å². The van der Waals surface area contributed by atoms with Gasteiger partial charge >= 0.3 is 21.7 Å². The first-order valence-electron chi connectivity index (χ1n) is 7.12.